The smallest absolute Gasteiger partial charge is 0.235 e. The summed E-state index contributed by atoms with van der Waals surface area (Å²) in [5.41, 5.74) is 1.97. The number of rotatable bonds is 5. The number of nitrogens with zero attached hydrogens (tertiary/aromatic N) is 3. The molecule has 5 rings (SSSR count). The van der Waals surface area contributed by atoms with Crippen LogP contribution in [-0.2, 0) is 10.3 Å². The molecule has 2 aliphatic rings. The Bertz CT molecular complexity index is 1310. The number of nitriles is 1. The first-order valence-corrected chi connectivity index (χ1v) is 13.8. The van der Waals surface area contributed by atoms with Gasteiger partial charge in [0.05, 0.1) is 23.1 Å². The first kappa shape index (κ1) is 24.6. The minimum Gasteiger partial charge on any atom is -0.345 e. The monoisotopic (exact) mass is 515 g/mol. The van der Waals surface area contributed by atoms with Gasteiger partial charge in [0, 0.05) is 29.9 Å². The third-order valence-corrected chi connectivity index (χ3v) is 9.59. The topological polar surface area (TPSA) is 83.2 Å². The van der Waals surface area contributed by atoms with Crippen LogP contribution in [0.3, 0.4) is 0 Å². The second-order valence-electron chi connectivity index (χ2n) is 9.61. The molecular formula is C28H29N5OS2. The quantitative estimate of drug-likeness (QED) is 0.436. The van der Waals surface area contributed by atoms with E-state index in [4.69, 9.17) is 5.41 Å². The molecule has 2 saturated heterocycles. The lowest BCUT2D eigenvalue weighted by Crippen LogP contribution is -2.65. The molecule has 0 aliphatic carbocycles. The van der Waals surface area contributed by atoms with Crippen LogP contribution in [-0.4, -0.2) is 41.2 Å². The number of carbonyl (C=O) groups is 1. The van der Waals surface area contributed by atoms with E-state index in [1.807, 2.05) is 24.3 Å². The number of nitrogens with one attached hydrogen (secondary N) is 2. The normalized spacial score (nSPS) is 23.4. The number of hydrogen-bond donors (Lipinski definition) is 2. The van der Waals surface area contributed by atoms with Gasteiger partial charge < -0.3 is 5.32 Å². The fourth-order valence-electron chi connectivity index (χ4n) is 5.32. The van der Waals surface area contributed by atoms with E-state index >= 15 is 0 Å². The molecule has 0 radical (unpaired) electrons. The first-order valence-electron chi connectivity index (χ1n) is 12.1. The Hall–Kier alpha value is -3.12. The third-order valence-electron chi connectivity index (χ3n) is 7.32. The predicted molar refractivity (Wildman–Crippen MR) is 146 cm³/mol. The molecule has 184 valence electrons. The van der Waals surface area contributed by atoms with E-state index in [1.54, 1.807) is 36.4 Å². The van der Waals surface area contributed by atoms with Gasteiger partial charge in [-0.25, -0.2) is 4.31 Å². The van der Waals surface area contributed by atoms with Crippen molar-refractivity contribution >= 4 is 35.2 Å². The highest BCUT2D eigenvalue weighted by Crippen LogP contribution is 2.45. The summed E-state index contributed by atoms with van der Waals surface area (Å²) in [5, 5.41) is 23.2. The van der Waals surface area contributed by atoms with Crippen molar-refractivity contribution in [1.29, 1.82) is 10.7 Å². The molecule has 36 heavy (non-hydrogen) atoms. The molecule has 0 spiro atoms. The highest BCUT2D eigenvalue weighted by Gasteiger charge is 2.52. The summed E-state index contributed by atoms with van der Waals surface area (Å²) in [6.45, 7) is 3.91. The van der Waals surface area contributed by atoms with Crippen molar-refractivity contribution in [2.45, 2.75) is 30.2 Å². The zero-order valence-corrected chi connectivity index (χ0v) is 22.0. The van der Waals surface area contributed by atoms with Crippen molar-refractivity contribution in [3.05, 3.63) is 76.5 Å². The van der Waals surface area contributed by atoms with Gasteiger partial charge in [-0.3, -0.25) is 15.1 Å². The number of benzene rings is 2. The van der Waals surface area contributed by atoms with Crippen LogP contribution in [0.2, 0.25) is 0 Å². The van der Waals surface area contributed by atoms with Gasteiger partial charge in [0.2, 0.25) is 5.91 Å². The summed E-state index contributed by atoms with van der Waals surface area (Å²) in [6.07, 6.45) is 1.86. The second-order valence-corrected chi connectivity index (χ2v) is 11.7. The lowest BCUT2D eigenvalue weighted by molar-refractivity contribution is -0.138. The van der Waals surface area contributed by atoms with E-state index in [9.17, 15) is 10.1 Å². The van der Waals surface area contributed by atoms with E-state index in [-0.39, 0.29) is 23.7 Å². The standard InChI is InChI=1S/C28H29N5OS2/c1-28(24-16-22(18-35-24)21-8-6-7-19(15-21)17-29)25(26(34)32(2)27(30)31-28)20-11-13-33(14-12-20)36-23-9-4-3-5-10-23/h3-10,15-16,18,20,25H,11-14H2,1-2H3,(H2,30,31)/t25-,28+/m0/s1. The molecular weight excluding hydrogens is 486 g/mol. The van der Waals surface area contributed by atoms with Gasteiger partial charge in [0.25, 0.3) is 0 Å². The van der Waals surface area contributed by atoms with E-state index < -0.39 is 5.54 Å². The number of thiophene rings is 1. The Morgan fingerprint density at radius 1 is 1.11 bits per heavy atom. The van der Waals surface area contributed by atoms with Crippen LogP contribution >= 0.6 is 23.3 Å². The van der Waals surface area contributed by atoms with E-state index in [1.165, 1.54) is 9.80 Å². The molecule has 3 aromatic rings. The average Bonchev–Trinajstić information content (AvgIpc) is 3.41. The van der Waals surface area contributed by atoms with Crippen molar-refractivity contribution < 1.29 is 4.79 Å². The Morgan fingerprint density at radius 3 is 2.58 bits per heavy atom. The van der Waals surface area contributed by atoms with Crippen LogP contribution in [0.4, 0.5) is 0 Å². The first-order chi connectivity index (χ1) is 17.4. The maximum atomic E-state index is 13.7. The summed E-state index contributed by atoms with van der Waals surface area (Å²) < 4.78 is 2.39. The van der Waals surface area contributed by atoms with Crippen LogP contribution < -0.4 is 5.32 Å². The zero-order chi connectivity index (χ0) is 25.3. The molecule has 1 amide bonds. The number of carbonyl (C=O) groups excluding carboxylic acids is 1. The minimum atomic E-state index is -0.671. The molecule has 1 aromatic heterocycles. The maximum absolute atomic E-state index is 13.7. The SMILES string of the molecule is CN1C(=N)N[C@](C)(c2cc(-c3cccc(C#N)c3)cs2)[C@@H](C2CCN(Sc3ccccc3)CC2)C1=O. The molecule has 3 heterocycles. The molecule has 0 unspecified atom stereocenters. The van der Waals surface area contributed by atoms with Crippen LogP contribution in [0.5, 0.6) is 0 Å². The molecule has 2 aliphatic heterocycles. The third kappa shape index (κ3) is 4.66. The molecule has 2 fully saturated rings. The number of hydrogen-bond acceptors (Lipinski definition) is 6. The Kier molecular flexibility index (Phi) is 6.89. The van der Waals surface area contributed by atoms with Crippen LogP contribution in [0.25, 0.3) is 11.1 Å². The van der Waals surface area contributed by atoms with Gasteiger partial charge in [-0.2, -0.15) is 5.26 Å². The Labute approximate surface area is 220 Å². The average molecular weight is 516 g/mol. The van der Waals surface area contributed by atoms with E-state index in [0.717, 1.165) is 41.9 Å². The number of piperidine rings is 1. The molecule has 2 aromatic carbocycles. The molecule has 0 bridgehead atoms. The van der Waals surface area contributed by atoms with Gasteiger partial charge in [-0.05, 0) is 84.5 Å². The van der Waals surface area contributed by atoms with Crippen LogP contribution in [0.15, 0.2) is 70.9 Å². The van der Waals surface area contributed by atoms with E-state index in [2.05, 4.69) is 58.3 Å². The van der Waals surface area contributed by atoms with Crippen molar-refractivity contribution in [3.63, 3.8) is 0 Å². The van der Waals surface area contributed by atoms with Crippen molar-refractivity contribution in [2.75, 3.05) is 20.1 Å². The lowest BCUT2D eigenvalue weighted by Gasteiger charge is -2.49. The fourth-order valence-corrected chi connectivity index (χ4v) is 7.37. The van der Waals surface area contributed by atoms with Gasteiger partial charge >= 0.3 is 0 Å². The highest BCUT2D eigenvalue weighted by molar-refractivity contribution is 7.97. The molecule has 2 atom stereocenters. The summed E-state index contributed by atoms with van der Waals surface area (Å²) >= 11 is 3.39. The fraction of sp³-hybridized carbons (Fsp3) is 0.321. The Morgan fingerprint density at radius 2 is 1.86 bits per heavy atom. The van der Waals surface area contributed by atoms with Gasteiger partial charge in [0.15, 0.2) is 5.96 Å². The van der Waals surface area contributed by atoms with Gasteiger partial charge in [-0.15, -0.1) is 11.3 Å². The largest absolute Gasteiger partial charge is 0.345 e. The van der Waals surface area contributed by atoms with E-state index in [0.29, 0.717) is 5.56 Å². The van der Waals surface area contributed by atoms with Crippen molar-refractivity contribution in [3.8, 4) is 17.2 Å². The van der Waals surface area contributed by atoms with Crippen molar-refractivity contribution in [2.24, 2.45) is 11.8 Å². The second kappa shape index (κ2) is 10.1. The summed E-state index contributed by atoms with van der Waals surface area (Å²) in [7, 11) is 1.69. The minimum absolute atomic E-state index is 0.0110. The van der Waals surface area contributed by atoms with Gasteiger partial charge in [-0.1, -0.05) is 30.3 Å². The van der Waals surface area contributed by atoms with Crippen LogP contribution in [0, 0.1) is 28.6 Å². The van der Waals surface area contributed by atoms with Gasteiger partial charge in [0.1, 0.15) is 0 Å². The maximum Gasteiger partial charge on any atom is 0.235 e. The molecule has 8 heteroatoms. The van der Waals surface area contributed by atoms with Crippen LogP contribution in [0.1, 0.15) is 30.2 Å². The Balaban J connectivity index is 1.40. The zero-order valence-electron chi connectivity index (χ0n) is 20.4. The highest BCUT2D eigenvalue weighted by atomic mass is 32.2. The molecule has 0 saturated carbocycles. The summed E-state index contributed by atoms with van der Waals surface area (Å²) in [4.78, 5) is 17.4. The predicted octanol–water partition coefficient (Wildman–Crippen LogP) is 5.53. The summed E-state index contributed by atoms with van der Waals surface area (Å²) in [6, 6.07) is 22.3. The summed E-state index contributed by atoms with van der Waals surface area (Å²) in [5.74, 6) is 0.0946. The molecule has 6 nitrogen and oxygen atoms in total. The number of amides is 1. The molecule has 2 N–H and O–H groups in total. The van der Waals surface area contributed by atoms with Crippen molar-refractivity contribution in [1.82, 2.24) is 14.5 Å². The lowest BCUT2D eigenvalue weighted by atomic mass is 9.70. The number of guanidine groups is 1.